The van der Waals surface area contributed by atoms with Gasteiger partial charge in [-0.1, -0.05) is 32.4 Å². The third-order valence-electron chi connectivity index (χ3n) is 5.79. The molecule has 3 heterocycles. The maximum atomic E-state index is 13.6. The maximum Gasteiger partial charge on any atom is 0.586 e. The van der Waals surface area contributed by atoms with Gasteiger partial charge in [-0.25, -0.2) is 0 Å². The number of fused-ring (bicyclic) bond motifs is 1. The van der Waals surface area contributed by atoms with Gasteiger partial charge in [0.05, 0.1) is 12.2 Å². The molecule has 36 heavy (non-hydrogen) atoms. The molecule has 1 unspecified atom stereocenters. The number of nitrogens with zero attached hydrogens (tertiary/aromatic N) is 2. The van der Waals surface area contributed by atoms with Crippen molar-refractivity contribution in [3.05, 3.63) is 72.6 Å². The average molecular weight is 498 g/mol. The topological polar surface area (TPSA) is 72.9 Å². The van der Waals surface area contributed by atoms with Crippen LogP contribution in [0.2, 0.25) is 0 Å². The fourth-order valence-electron chi connectivity index (χ4n) is 4.22. The summed E-state index contributed by atoms with van der Waals surface area (Å²) in [5, 5.41) is 2.96. The van der Waals surface area contributed by atoms with E-state index >= 15 is 0 Å². The fourth-order valence-corrected chi connectivity index (χ4v) is 4.22. The molecule has 0 bridgehead atoms. The second-order valence-electron chi connectivity index (χ2n) is 8.20. The van der Waals surface area contributed by atoms with Gasteiger partial charge in [0, 0.05) is 24.0 Å². The number of carbonyl (C=O) groups excluding carboxylic acids is 1. The van der Waals surface area contributed by atoms with Gasteiger partial charge in [-0.15, -0.1) is 8.78 Å². The normalized spacial score (nSPS) is 18.1. The third-order valence-corrected chi connectivity index (χ3v) is 5.79. The first-order valence-corrected chi connectivity index (χ1v) is 12.1. The van der Waals surface area contributed by atoms with Gasteiger partial charge in [0.2, 0.25) is 5.91 Å². The molecule has 2 aliphatic heterocycles. The Bertz CT molecular complexity index is 1160. The van der Waals surface area contributed by atoms with Crippen LogP contribution in [0.3, 0.4) is 0 Å². The molecule has 190 valence electrons. The number of benzene rings is 2. The average Bonchev–Trinajstić information content (AvgIpc) is 3.22. The van der Waals surface area contributed by atoms with Crippen molar-refractivity contribution >= 4 is 11.6 Å². The number of alkyl halides is 2. The zero-order valence-corrected chi connectivity index (χ0v) is 20.2. The van der Waals surface area contributed by atoms with Crippen molar-refractivity contribution in [2.45, 2.75) is 52.0 Å². The number of amides is 1. The number of para-hydroxylation sites is 1. The third kappa shape index (κ3) is 6.09. The summed E-state index contributed by atoms with van der Waals surface area (Å²) in [7, 11) is 0. The Hall–Kier alpha value is -3.72. The Balaban J connectivity index is 0.00000148. The minimum Gasteiger partial charge on any atom is -0.456 e. The molecule has 1 fully saturated rings. The second kappa shape index (κ2) is 11.3. The first-order valence-electron chi connectivity index (χ1n) is 12.1. The molecule has 7 nitrogen and oxygen atoms in total. The molecule has 1 aromatic heterocycles. The highest BCUT2D eigenvalue weighted by Gasteiger charge is 2.44. The summed E-state index contributed by atoms with van der Waals surface area (Å²) in [5.41, 5.74) is 1.21. The quantitative estimate of drug-likeness (QED) is 0.436. The van der Waals surface area contributed by atoms with Crippen LogP contribution in [0.1, 0.15) is 38.7 Å². The molecule has 0 aliphatic carbocycles. The van der Waals surface area contributed by atoms with Crippen molar-refractivity contribution in [3.8, 4) is 23.0 Å². The van der Waals surface area contributed by atoms with E-state index in [1.165, 1.54) is 6.07 Å². The minimum atomic E-state index is -3.68. The van der Waals surface area contributed by atoms with Crippen molar-refractivity contribution in [2.24, 2.45) is 0 Å². The summed E-state index contributed by atoms with van der Waals surface area (Å²) in [6.07, 6.45) is 2.12. The summed E-state index contributed by atoms with van der Waals surface area (Å²) in [5.74, 6) is 1.14. The Morgan fingerprint density at radius 2 is 1.89 bits per heavy atom. The zero-order valence-electron chi connectivity index (χ0n) is 20.2. The number of halogens is 2. The van der Waals surface area contributed by atoms with Gasteiger partial charge in [-0.2, -0.15) is 0 Å². The Kier molecular flexibility index (Phi) is 8.00. The van der Waals surface area contributed by atoms with Crippen LogP contribution in [0.5, 0.6) is 23.0 Å². The van der Waals surface area contributed by atoms with Crippen molar-refractivity contribution in [1.29, 1.82) is 0 Å². The molecule has 1 amide bonds. The molecule has 0 radical (unpaired) electrons. The molecule has 2 aliphatic rings. The molecule has 1 saturated heterocycles. The molecular weight excluding hydrogens is 468 g/mol. The monoisotopic (exact) mass is 497 g/mol. The van der Waals surface area contributed by atoms with Crippen LogP contribution < -0.4 is 19.5 Å². The van der Waals surface area contributed by atoms with E-state index in [2.05, 4.69) is 15.0 Å². The highest BCUT2D eigenvalue weighted by atomic mass is 19.3. The SMILES string of the molecule is CC.O=C(Nc1ccc(Oc2cccnc2)cc1)C1CCCCN1Cc1cccc2c1OC(F)(F)O2. The van der Waals surface area contributed by atoms with Crippen LogP contribution in [0.4, 0.5) is 14.5 Å². The Morgan fingerprint density at radius 1 is 1.08 bits per heavy atom. The number of aromatic nitrogens is 1. The van der Waals surface area contributed by atoms with E-state index in [4.69, 9.17) is 9.47 Å². The largest absolute Gasteiger partial charge is 0.586 e. The van der Waals surface area contributed by atoms with Gasteiger partial charge in [-0.3, -0.25) is 14.7 Å². The van der Waals surface area contributed by atoms with Crippen LogP contribution in [-0.2, 0) is 11.3 Å². The molecule has 1 atom stereocenters. The number of rotatable bonds is 6. The van der Waals surface area contributed by atoms with Crippen molar-refractivity contribution in [2.75, 3.05) is 11.9 Å². The second-order valence-corrected chi connectivity index (χ2v) is 8.20. The standard InChI is InChI=1S/C25H23F2N3O4.C2H6/c26-25(27)33-22-8-3-5-17(23(22)34-25)16-30-14-2-1-7-21(30)24(31)29-18-9-11-19(12-10-18)32-20-6-4-13-28-15-20;1-2/h3-6,8-13,15,21H,1-2,7,14,16H2,(H,29,31);1-2H3. The van der Waals surface area contributed by atoms with E-state index in [0.717, 1.165) is 12.8 Å². The van der Waals surface area contributed by atoms with Gasteiger partial charge >= 0.3 is 6.29 Å². The van der Waals surface area contributed by atoms with Crippen molar-refractivity contribution in [1.82, 2.24) is 9.88 Å². The van der Waals surface area contributed by atoms with Crippen LogP contribution >= 0.6 is 0 Å². The van der Waals surface area contributed by atoms with E-state index in [9.17, 15) is 13.6 Å². The predicted molar refractivity (Wildman–Crippen MR) is 131 cm³/mol. The number of hydrogen-bond acceptors (Lipinski definition) is 6. The molecule has 5 rings (SSSR count). The lowest BCUT2D eigenvalue weighted by Crippen LogP contribution is -2.46. The maximum absolute atomic E-state index is 13.6. The lowest BCUT2D eigenvalue weighted by atomic mass is 10.00. The number of piperidine rings is 1. The number of nitrogens with one attached hydrogen (secondary N) is 1. The molecule has 9 heteroatoms. The number of ether oxygens (including phenoxy) is 3. The Labute approximate surface area is 209 Å². The fraction of sp³-hybridized carbons (Fsp3) is 0.333. The molecule has 0 spiro atoms. The first-order chi connectivity index (χ1) is 17.5. The van der Waals surface area contributed by atoms with E-state index < -0.39 is 12.3 Å². The summed E-state index contributed by atoms with van der Waals surface area (Å²) < 4.78 is 42.1. The van der Waals surface area contributed by atoms with Gasteiger partial charge in [0.15, 0.2) is 11.5 Å². The highest BCUT2D eigenvalue weighted by molar-refractivity contribution is 5.95. The summed E-state index contributed by atoms with van der Waals surface area (Å²) in [6, 6.07) is 15.1. The number of anilines is 1. The smallest absolute Gasteiger partial charge is 0.456 e. The van der Waals surface area contributed by atoms with Gasteiger partial charge in [0.25, 0.3) is 0 Å². The van der Waals surface area contributed by atoms with E-state index in [0.29, 0.717) is 42.3 Å². The lowest BCUT2D eigenvalue weighted by Gasteiger charge is -2.34. The van der Waals surface area contributed by atoms with Gasteiger partial charge in [0.1, 0.15) is 11.5 Å². The first kappa shape index (κ1) is 25.4. The van der Waals surface area contributed by atoms with E-state index in [1.54, 1.807) is 60.9 Å². The van der Waals surface area contributed by atoms with E-state index in [-0.39, 0.29) is 17.4 Å². The van der Waals surface area contributed by atoms with Crippen molar-refractivity contribution < 1.29 is 27.8 Å². The summed E-state index contributed by atoms with van der Waals surface area (Å²) in [4.78, 5) is 19.1. The summed E-state index contributed by atoms with van der Waals surface area (Å²) in [6.45, 7) is 4.98. The molecule has 2 aromatic carbocycles. The van der Waals surface area contributed by atoms with Crippen molar-refractivity contribution in [3.63, 3.8) is 0 Å². The number of carbonyl (C=O) groups is 1. The molecular formula is C27H29F2N3O4. The van der Waals surface area contributed by atoms with Gasteiger partial charge in [-0.05, 0) is 61.9 Å². The lowest BCUT2D eigenvalue weighted by molar-refractivity contribution is -0.287. The van der Waals surface area contributed by atoms with Crippen LogP contribution in [-0.4, -0.2) is 34.7 Å². The summed E-state index contributed by atoms with van der Waals surface area (Å²) >= 11 is 0. The van der Waals surface area contributed by atoms with Crippen LogP contribution in [0, 0.1) is 0 Å². The Morgan fingerprint density at radius 3 is 2.64 bits per heavy atom. The van der Waals surface area contributed by atoms with Gasteiger partial charge < -0.3 is 19.5 Å². The zero-order chi connectivity index (χ0) is 25.5. The number of likely N-dealkylation sites (tertiary alicyclic amines) is 1. The number of pyridine rings is 1. The predicted octanol–water partition coefficient (Wildman–Crippen LogP) is 6.21. The van der Waals surface area contributed by atoms with Crippen LogP contribution in [0.25, 0.3) is 0 Å². The minimum absolute atomic E-state index is 0.00843. The molecule has 0 saturated carbocycles. The molecule has 1 N–H and O–H groups in total. The molecule has 3 aromatic rings. The van der Waals surface area contributed by atoms with Crippen LogP contribution in [0.15, 0.2) is 67.0 Å². The highest BCUT2D eigenvalue weighted by Crippen LogP contribution is 2.43. The number of hydrogen-bond donors (Lipinski definition) is 1. The van der Waals surface area contributed by atoms with E-state index in [1.807, 2.05) is 18.7 Å².